The van der Waals surface area contributed by atoms with Crippen LogP contribution in [0.2, 0.25) is 0 Å². The Bertz CT molecular complexity index is 401. The number of thioether (sulfide) groups is 1. The first-order valence-electron chi connectivity index (χ1n) is 4.36. The highest BCUT2D eigenvalue weighted by molar-refractivity contribution is 8.23. The number of nitrogens with zero attached hydrogens (tertiary/aromatic N) is 2. The molecule has 5 heteroatoms. The third-order valence-corrected chi connectivity index (χ3v) is 3.19. The third-order valence-electron chi connectivity index (χ3n) is 1.85. The summed E-state index contributed by atoms with van der Waals surface area (Å²) in [5.74, 6) is 0.336. The maximum Gasteiger partial charge on any atom is 0.259 e. The summed E-state index contributed by atoms with van der Waals surface area (Å²) in [6.07, 6.45) is 1.64. The molecule has 0 radical (unpaired) electrons. The first kappa shape index (κ1) is 10.3. The number of rotatable bonds is 2. The lowest BCUT2D eigenvalue weighted by Gasteiger charge is -2.05. The van der Waals surface area contributed by atoms with Gasteiger partial charge in [-0.05, 0) is 5.56 Å². The van der Waals surface area contributed by atoms with Crippen molar-refractivity contribution in [2.24, 2.45) is 5.10 Å². The highest BCUT2D eigenvalue weighted by Crippen LogP contribution is 2.19. The van der Waals surface area contributed by atoms with Gasteiger partial charge in [-0.15, -0.1) is 0 Å². The van der Waals surface area contributed by atoms with Crippen LogP contribution >= 0.6 is 24.0 Å². The lowest BCUT2D eigenvalue weighted by molar-refractivity contribution is -0.123. The van der Waals surface area contributed by atoms with E-state index in [1.807, 2.05) is 30.3 Å². The minimum absolute atomic E-state index is 0.0582. The maximum atomic E-state index is 11.3. The zero-order valence-corrected chi connectivity index (χ0v) is 9.42. The molecular weight excluding hydrogens is 228 g/mol. The summed E-state index contributed by atoms with van der Waals surface area (Å²) >= 11 is 6.33. The molecule has 1 saturated heterocycles. The highest BCUT2D eigenvalue weighted by Gasteiger charge is 2.25. The van der Waals surface area contributed by atoms with Gasteiger partial charge in [0.05, 0.1) is 12.0 Å². The van der Waals surface area contributed by atoms with E-state index in [1.54, 1.807) is 6.21 Å². The quantitative estimate of drug-likeness (QED) is 0.580. The molecule has 2 rings (SSSR count). The average Bonchev–Trinajstić information content (AvgIpc) is 2.58. The predicted molar refractivity (Wildman–Crippen MR) is 65.9 cm³/mol. The van der Waals surface area contributed by atoms with E-state index in [0.717, 1.165) is 5.56 Å². The Morgan fingerprint density at radius 2 is 2.13 bits per heavy atom. The molecule has 0 bridgehead atoms. The lowest BCUT2D eigenvalue weighted by atomic mass is 10.2. The molecule has 0 spiro atoms. The topological polar surface area (TPSA) is 32.7 Å². The molecule has 15 heavy (non-hydrogen) atoms. The van der Waals surface area contributed by atoms with Crippen molar-refractivity contribution in [3.05, 3.63) is 35.9 Å². The molecule has 0 aromatic heterocycles. The number of hydrogen-bond acceptors (Lipinski definition) is 4. The van der Waals surface area contributed by atoms with Gasteiger partial charge in [-0.1, -0.05) is 54.3 Å². The summed E-state index contributed by atoms with van der Waals surface area (Å²) < 4.78 is 0.521. The fraction of sp³-hybridized carbons (Fsp3) is 0.100. The number of hydrazone groups is 1. The normalized spacial score (nSPS) is 16.7. The van der Waals surface area contributed by atoms with Crippen molar-refractivity contribution in [2.45, 2.75) is 0 Å². The molecule has 0 saturated carbocycles. The van der Waals surface area contributed by atoms with Crippen LogP contribution in [-0.2, 0) is 4.79 Å². The second kappa shape index (κ2) is 4.55. The number of hydrogen-bond donors (Lipinski definition) is 0. The molecule has 0 N–H and O–H groups in total. The minimum atomic E-state index is -0.0582. The summed E-state index contributed by atoms with van der Waals surface area (Å²) in [6.45, 7) is 0. The molecule has 1 amide bonds. The van der Waals surface area contributed by atoms with Crippen molar-refractivity contribution in [1.82, 2.24) is 5.01 Å². The van der Waals surface area contributed by atoms with E-state index in [1.165, 1.54) is 16.8 Å². The van der Waals surface area contributed by atoms with Gasteiger partial charge in [0.1, 0.15) is 0 Å². The van der Waals surface area contributed by atoms with Crippen LogP contribution in [0.1, 0.15) is 5.56 Å². The van der Waals surface area contributed by atoms with E-state index < -0.39 is 0 Å². The maximum absolute atomic E-state index is 11.3. The molecule has 1 aliphatic rings. The zero-order valence-electron chi connectivity index (χ0n) is 7.79. The van der Waals surface area contributed by atoms with Crippen LogP contribution in [0.25, 0.3) is 0 Å². The predicted octanol–water partition coefficient (Wildman–Crippen LogP) is 1.88. The van der Waals surface area contributed by atoms with E-state index in [4.69, 9.17) is 12.2 Å². The summed E-state index contributed by atoms with van der Waals surface area (Å²) in [5.41, 5.74) is 0.949. The van der Waals surface area contributed by atoms with Crippen molar-refractivity contribution < 1.29 is 4.79 Å². The van der Waals surface area contributed by atoms with Gasteiger partial charge in [0.2, 0.25) is 0 Å². The van der Waals surface area contributed by atoms with Gasteiger partial charge in [-0.25, -0.2) is 0 Å². The van der Waals surface area contributed by atoms with E-state index in [-0.39, 0.29) is 5.91 Å². The molecule has 3 nitrogen and oxygen atoms in total. The second-order valence-corrected chi connectivity index (χ2v) is 4.52. The van der Waals surface area contributed by atoms with Crippen molar-refractivity contribution in [3.63, 3.8) is 0 Å². The highest BCUT2D eigenvalue weighted by atomic mass is 32.2. The number of carbonyl (C=O) groups excluding carboxylic acids is 1. The largest absolute Gasteiger partial charge is 0.272 e. The minimum Gasteiger partial charge on any atom is -0.272 e. The molecule has 0 unspecified atom stereocenters. The molecule has 1 aromatic rings. The molecule has 1 fully saturated rings. The van der Waals surface area contributed by atoms with E-state index >= 15 is 0 Å². The van der Waals surface area contributed by atoms with Crippen LogP contribution < -0.4 is 0 Å². The fourth-order valence-electron chi connectivity index (χ4n) is 1.12. The molecule has 1 aromatic carbocycles. The Kier molecular flexibility index (Phi) is 3.13. The molecule has 1 aliphatic heterocycles. The van der Waals surface area contributed by atoms with Crippen molar-refractivity contribution >= 4 is 40.4 Å². The SMILES string of the molecule is O=C1CSC(=S)N1N=Cc1ccccc1. The van der Waals surface area contributed by atoms with Crippen LogP contribution in [0.3, 0.4) is 0 Å². The van der Waals surface area contributed by atoms with E-state index in [0.29, 0.717) is 10.1 Å². The van der Waals surface area contributed by atoms with Crippen LogP contribution in [0.4, 0.5) is 0 Å². The Labute approximate surface area is 97.2 Å². The van der Waals surface area contributed by atoms with Crippen LogP contribution in [-0.4, -0.2) is 27.2 Å². The van der Waals surface area contributed by atoms with Gasteiger partial charge in [-0.3, -0.25) is 4.79 Å². The van der Waals surface area contributed by atoms with E-state index in [2.05, 4.69) is 5.10 Å². The fourth-order valence-corrected chi connectivity index (χ4v) is 2.09. The smallest absolute Gasteiger partial charge is 0.259 e. The Balaban J connectivity index is 2.12. The van der Waals surface area contributed by atoms with E-state index in [9.17, 15) is 4.79 Å². The summed E-state index contributed by atoms with van der Waals surface area (Å²) in [4.78, 5) is 11.3. The monoisotopic (exact) mass is 236 g/mol. The summed E-state index contributed by atoms with van der Waals surface area (Å²) in [5, 5.41) is 5.32. The first-order valence-corrected chi connectivity index (χ1v) is 5.75. The Morgan fingerprint density at radius 1 is 1.40 bits per heavy atom. The number of benzene rings is 1. The summed E-state index contributed by atoms with van der Waals surface area (Å²) in [7, 11) is 0. The number of thiocarbonyl (C=S) groups is 1. The van der Waals surface area contributed by atoms with Crippen LogP contribution in [0.5, 0.6) is 0 Å². The first-order chi connectivity index (χ1) is 7.27. The number of carbonyl (C=O) groups is 1. The van der Waals surface area contributed by atoms with Crippen molar-refractivity contribution in [2.75, 3.05) is 5.75 Å². The van der Waals surface area contributed by atoms with Gasteiger partial charge in [0.15, 0.2) is 4.32 Å². The third kappa shape index (κ3) is 2.43. The second-order valence-electron chi connectivity index (χ2n) is 2.92. The Morgan fingerprint density at radius 3 is 2.73 bits per heavy atom. The van der Waals surface area contributed by atoms with Gasteiger partial charge in [0.25, 0.3) is 5.91 Å². The van der Waals surface area contributed by atoms with Gasteiger partial charge < -0.3 is 0 Å². The molecule has 0 aliphatic carbocycles. The zero-order chi connectivity index (χ0) is 10.7. The van der Waals surface area contributed by atoms with Crippen LogP contribution in [0, 0.1) is 0 Å². The van der Waals surface area contributed by atoms with Gasteiger partial charge in [0, 0.05) is 0 Å². The standard InChI is InChI=1S/C10H8N2OS2/c13-9-7-15-10(14)12(9)11-6-8-4-2-1-3-5-8/h1-6H,7H2. The lowest BCUT2D eigenvalue weighted by Crippen LogP contribution is -2.22. The molecule has 76 valence electrons. The molecular formula is C10H8N2OS2. The van der Waals surface area contributed by atoms with Crippen molar-refractivity contribution in [3.8, 4) is 0 Å². The van der Waals surface area contributed by atoms with Crippen LogP contribution in [0.15, 0.2) is 35.4 Å². The Hall–Kier alpha value is -1.20. The van der Waals surface area contributed by atoms with Gasteiger partial charge >= 0.3 is 0 Å². The van der Waals surface area contributed by atoms with Crippen molar-refractivity contribution in [1.29, 1.82) is 0 Å². The summed E-state index contributed by atoms with van der Waals surface area (Å²) in [6, 6.07) is 9.60. The molecule has 0 atom stereocenters. The average molecular weight is 236 g/mol. The van der Waals surface area contributed by atoms with Gasteiger partial charge in [-0.2, -0.15) is 10.1 Å². The number of amides is 1. The molecule has 1 heterocycles.